The lowest BCUT2D eigenvalue weighted by atomic mass is 9.98. The molecule has 2 aromatic carbocycles. The number of rotatable bonds is 3. The number of hydrogen-bond donors (Lipinski definition) is 2. The van der Waals surface area contributed by atoms with Crippen LogP contribution in [0.25, 0.3) is 0 Å². The monoisotopic (exact) mass is 311 g/mol. The third-order valence-electron chi connectivity index (χ3n) is 3.17. The summed E-state index contributed by atoms with van der Waals surface area (Å²) < 4.78 is 0. The first-order valence-electron chi connectivity index (χ1n) is 6.77. The molecule has 0 aliphatic carbocycles. The summed E-state index contributed by atoms with van der Waals surface area (Å²) in [6.45, 7) is 1.97. The molecule has 0 fully saturated rings. The summed E-state index contributed by atoms with van der Waals surface area (Å²) in [4.78, 5) is 4.44. The third-order valence-corrected chi connectivity index (χ3v) is 3.75. The molecule has 0 aliphatic heterocycles. The number of nitrogens with one attached hydrogen (secondary N) is 1. The summed E-state index contributed by atoms with van der Waals surface area (Å²) in [5.41, 5.74) is 3.22. The number of aryl methyl sites for hydroxylation is 1. The van der Waals surface area contributed by atoms with Gasteiger partial charge in [0, 0.05) is 5.56 Å². The molecule has 0 bridgehead atoms. The molecule has 0 heterocycles. The fraction of sp³-hybridized carbons (Fsp3) is 0.176. The second-order valence-electron chi connectivity index (χ2n) is 4.73. The lowest BCUT2D eigenvalue weighted by molar-refractivity contribution is 0.221. The smallest absolute Gasteiger partial charge is 0.183 e. The first kappa shape index (κ1) is 16.1. The molecule has 4 nitrogen and oxygen atoms in total. The number of benzene rings is 2. The van der Waals surface area contributed by atoms with Crippen LogP contribution in [0, 0.1) is 18.4 Å². The molecule has 2 N–H and O–H groups in total. The number of hydrogen-bond acceptors (Lipinski definition) is 4. The fourth-order valence-corrected chi connectivity index (χ4v) is 2.43. The Balaban J connectivity index is 2.47. The number of aliphatic imine (C=N–C) groups is 1. The highest BCUT2D eigenvalue weighted by molar-refractivity contribution is 8.13. The van der Waals surface area contributed by atoms with Crippen molar-refractivity contribution in [2.75, 3.05) is 6.26 Å². The van der Waals surface area contributed by atoms with Gasteiger partial charge >= 0.3 is 0 Å². The Bertz CT molecular complexity index is 708. The van der Waals surface area contributed by atoms with Crippen LogP contribution in [0.2, 0.25) is 0 Å². The van der Waals surface area contributed by atoms with E-state index in [-0.39, 0.29) is 0 Å². The van der Waals surface area contributed by atoms with Crippen LogP contribution in [0.15, 0.2) is 53.5 Å². The summed E-state index contributed by atoms with van der Waals surface area (Å²) in [7, 11) is 0. The topological polar surface area (TPSA) is 68.4 Å². The minimum Gasteiger partial charge on any atom is -0.384 e. The van der Waals surface area contributed by atoms with Crippen molar-refractivity contribution in [3.05, 3.63) is 65.2 Å². The standard InChI is InChI=1S/C17H17N3OS/c1-12-8-9-15(20-17(22-2)19-11-18)14(10-12)16(21)13-6-4-3-5-7-13/h3-10,16,21H,1-2H3,(H,19,20). The van der Waals surface area contributed by atoms with Crippen LogP contribution in [0.5, 0.6) is 0 Å². The van der Waals surface area contributed by atoms with E-state index in [0.29, 0.717) is 10.9 Å². The Morgan fingerprint density at radius 1 is 1.27 bits per heavy atom. The van der Waals surface area contributed by atoms with E-state index < -0.39 is 6.10 Å². The van der Waals surface area contributed by atoms with Crippen molar-refractivity contribution in [3.8, 4) is 6.19 Å². The van der Waals surface area contributed by atoms with E-state index in [9.17, 15) is 5.11 Å². The van der Waals surface area contributed by atoms with E-state index in [2.05, 4.69) is 10.3 Å². The molecule has 0 saturated heterocycles. The molecule has 0 radical (unpaired) electrons. The Labute approximate surface area is 134 Å². The van der Waals surface area contributed by atoms with Crippen LogP contribution in [0.4, 0.5) is 5.69 Å². The minimum absolute atomic E-state index is 0.493. The van der Waals surface area contributed by atoms with Crippen LogP contribution >= 0.6 is 11.8 Å². The van der Waals surface area contributed by atoms with Gasteiger partial charge in [0.25, 0.3) is 0 Å². The number of amidine groups is 1. The lowest BCUT2D eigenvalue weighted by Gasteiger charge is -2.15. The highest BCUT2D eigenvalue weighted by atomic mass is 32.2. The minimum atomic E-state index is -0.759. The average molecular weight is 311 g/mol. The van der Waals surface area contributed by atoms with Gasteiger partial charge in [0.2, 0.25) is 0 Å². The van der Waals surface area contributed by atoms with Crippen molar-refractivity contribution >= 4 is 22.6 Å². The van der Waals surface area contributed by atoms with E-state index >= 15 is 0 Å². The number of nitrogens with zero attached hydrogens (tertiary/aromatic N) is 2. The summed E-state index contributed by atoms with van der Waals surface area (Å²) in [5, 5.41) is 22.4. The zero-order valence-electron chi connectivity index (χ0n) is 12.4. The van der Waals surface area contributed by atoms with Gasteiger partial charge < -0.3 is 5.11 Å². The SMILES string of the molecule is CSC(=Nc1ccc(C)cc1C(O)c1ccccc1)NC#N. The van der Waals surface area contributed by atoms with Crippen LogP contribution in [-0.2, 0) is 0 Å². The number of thioether (sulfide) groups is 1. The molecule has 1 unspecified atom stereocenters. The molecule has 0 amide bonds. The zero-order chi connectivity index (χ0) is 15.9. The quantitative estimate of drug-likeness (QED) is 0.394. The molecule has 0 spiro atoms. The molecule has 112 valence electrons. The van der Waals surface area contributed by atoms with Gasteiger partial charge in [0.1, 0.15) is 6.10 Å². The van der Waals surface area contributed by atoms with E-state index in [1.165, 1.54) is 11.8 Å². The molecule has 0 saturated carbocycles. The second-order valence-corrected chi connectivity index (χ2v) is 5.53. The summed E-state index contributed by atoms with van der Waals surface area (Å²) >= 11 is 1.34. The Morgan fingerprint density at radius 3 is 2.64 bits per heavy atom. The Kier molecular flexibility index (Phi) is 5.59. The van der Waals surface area contributed by atoms with E-state index in [4.69, 9.17) is 5.26 Å². The molecule has 0 aliphatic rings. The molecule has 2 rings (SSSR count). The predicted octanol–water partition coefficient (Wildman–Crippen LogP) is 3.50. The van der Waals surface area contributed by atoms with E-state index in [1.807, 2.05) is 67.9 Å². The van der Waals surface area contributed by atoms with Gasteiger partial charge in [-0.1, -0.05) is 59.8 Å². The molecule has 1 atom stereocenters. The van der Waals surface area contributed by atoms with Crippen molar-refractivity contribution in [1.82, 2.24) is 5.32 Å². The van der Waals surface area contributed by atoms with Crippen LogP contribution < -0.4 is 5.32 Å². The lowest BCUT2D eigenvalue weighted by Crippen LogP contribution is -2.13. The fourth-order valence-electron chi connectivity index (χ4n) is 2.09. The Hall–Kier alpha value is -2.29. The van der Waals surface area contributed by atoms with Gasteiger partial charge in [0.15, 0.2) is 11.4 Å². The van der Waals surface area contributed by atoms with Gasteiger partial charge in [-0.05, 0) is 24.8 Å². The van der Waals surface area contributed by atoms with Crippen LogP contribution in [-0.4, -0.2) is 16.5 Å². The normalized spacial score (nSPS) is 12.5. The Morgan fingerprint density at radius 2 is 2.00 bits per heavy atom. The van der Waals surface area contributed by atoms with Crippen molar-refractivity contribution in [2.45, 2.75) is 13.0 Å². The first-order chi connectivity index (χ1) is 10.7. The maximum Gasteiger partial charge on any atom is 0.183 e. The zero-order valence-corrected chi connectivity index (χ0v) is 13.3. The van der Waals surface area contributed by atoms with Gasteiger partial charge in [-0.3, -0.25) is 5.32 Å². The second kappa shape index (κ2) is 7.64. The molecule has 2 aromatic rings. The van der Waals surface area contributed by atoms with Crippen molar-refractivity contribution in [2.24, 2.45) is 4.99 Å². The predicted molar refractivity (Wildman–Crippen MR) is 91.0 cm³/mol. The van der Waals surface area contributed by atoms with Gasteiger partial charge in [0.05, 0.1) is 5.69 Å². The number of aliphatic hydroxyl groups excluding tert-OH is 1. The molecule has 0 aromatic heterocycles. The van der Waals surface area contributed by atoms with Crippen molar-refractivity contribution in [1.29, 1.82) is 5.26 Å². The van der Waals surface area contributed by atoms with Gasteiger partial charge in [-0.15, -0.1) is 0 Å². The molecule has 22 heavy (non-hydrogen) atoms. The van der Waals surface area contributed by atoms with E-state index in [0.717, 1.165) is 16.7 Å². The largest absolute Gasteiger partial charge is 0.384 e. The third kappa shape index (κ3) is 3.88. The highest BCUT2D eigenvalue weighted by Crippen LogP contribution is 2.31. The number of nitriles is 1. The summed E-state index contributed by atoms with van der Waals surface area (Å²) in [5.74, 6) is 0. The van der Waals surface area contributed by atoms with Crippen LogP contribution in [0.1, 0.15) is 22.8 Å². The van der Waals surface area contributed by atoms with Gasteiger partial charge in [-0.25, -0.2) is 4.99 Å². The van der Waals surface area contributed by atoms with E-state index in [1.54, 1.807) is 0 Å². The maximum atomic E-state index is 10.7. The maximum absolute atomic E-state index is 10.7. The van der Waals surface area contributed by atoms with Crippen molar-refractivity contribution < 1.29 is 5.11 Å². The molecular formula is C17H17N3OS. The number of aliphatic hydroxyl groups is 1. The average Bonchev–Trinajstić information content (AvgIpc) is 2.56. The molecule has 5 heteroatoms. The summed E-state index contributed by atoms with van der Waals surface area (Å²) in [6.07, 6.45) is 2.95. The summed E-state index contributed by atoms with van der Waals surface area (Å²) in [6, 6.07) is 15.2. The van der Waals surface area contributed by atoms with Crippen molar-refractivity contribution in [3.63, 3.8) is 0 Å². The van der Waals surface area contributed by atoms with Gasteiger partial charge in [-0.2, -0.15) is 5.26 Å². The molecular weight excluding hydrogens is 294 g/mol. The highest BCUT2D eigenvalue weighted by Gasteiger charge is 2.15. The van der Waals surface area contributed by atoms with Crippen LogP contribution in [0.3, 0.4) is 0 Å². The first-order valence-corrected chi connectivity index (χ1v) is 7.99.